The number of aromatic nitrogens is 1. The van der Waals surface area contributed by atoms with Gasteiger partial charge in [-0.2, -0.15) is 0 Å². The summed E-state index contributed by atoms with van der Waals surface area (Å²) in [6.45, 7) is 5.52. The van der Waals surface area contributed by atoms with Crippen molar-refractivity contribution < 1.29 is 4.42 Å². The normalized spacial score (nSPS) is 20.2. The van der Waals surface area contributed by atoms with Gasteiger partial charge in [-0.15, -0.1) is 0 Å². The van der Waals surface area contributed by atoms with Crippen molar-refractivity contribution >= 4 is 11.6 Å². The Kier molecular flexibility index (Phi) is 4.05. The van der Waals surface area contributed by atoms with Gasteiger partial charge in [0.15, 0.2) is 0 Å². The molecule has 5 heteroatoms. The molecule has 0 aliphatic carbocycles. The molecular formula is C15H18ClN3O. The van der Waals surface area contributed by atoms with E-state index in [0.29, 0.717) is 6.04 Å². The first kappa shape index (κ1) is 13.6. The number of benzene rings is 1. The highest BCUT2D eigenvalue weighted by molar-refractivity contribution is 6.30. The van der Waals surface area contributed by atoms with E-state index in [9.17, 15) is 0 Å². The van der Waals surface area contributed by atoms with Crippen LogP contribution in [0, 0.1) is 6.92 Å². The second-order valence-corrected chi connectivity index (χ2v) is 5.55. The number of hydrogen-bond acceptors (Lipinski definition) is 4. The van der Waals surface area contributed by atoms with Crippen LogP contribution in [0.4, 0.5) is 0 Å². The molecule has 1 saturated heterocycles. The molecule has 4 nitrogen and oxygen atoms in total. The second kappa shape index (κ2) is 5.95. The van der Waals surface area contributed by atoms with Gasteiger partial charge in [0.25, 0.3) is 0 Å². The van der Waals surface area contributed by atoms with E-state index < -0.39 is 0 Å². The van der Waals surface area contributed by atoms with Crippen LogP contribution in [0.2, 0.25) is 5.02 Å². The van der Waals surface area contributed by atoms with Crippen LogP contribution in [-0.4, -0.2) is 29.5 Å². The van der Waals surface area contributed by atoms with E-state index in [1.165, 1.54) is 5.56 Å². The maximum Gasteiger partial charge on any atom is 0.208 e. The highest BCUT2D eigenvalue weighted by Crippen LogP contribution is 2.26. The largest absolute Gasteiger partial charge is 0.445 e. The molecule has 0 bridgehead atoms. The van der Waals surface area contributed by atoms with Crippen LogP contribution in [0.1, 0.15) is 23.3 Å². The Morgan fingerprint density at radius 3 is 3.15 bits per heavy atom. The molecule has 1 atom stereocenters. The van der Waals surface area contributed by atoms with E-state index in [1.807, 2.05) is 25.1 Å². The first-order valence-corrected chi connectivity index (χ1v) is 7.22. The lowest BCUT2D eigenvalue weighted by molar-refractivity contribution is 0.139. The summed E-state index contributed by atoms with van der Waals surface area (Å²) >= 11 is 6.11. The van der Waals surface area contributed by atoms with Crippen molar-refractivity contribution in [2.45, 2.75) is 19.5 Å². The fourth-order valence-corrected chi connectivity index (χ4v) is 2.83. The Morgan fingerprint density at radius 2 is 2.40 bits per heavy atom. The standard InChI is InChI=1S/C15H18ClN3O/c1-11-8-18-15(20-11)10-19-6-5-17-9-14(19)12-3-2-4-13(16)7-12/h2-4,7-8,14,17H,5-6,9-10H2,1H3. The number of hydrogen-bond donors (Lipinski definition) is 1. The minimum absolute atomic E-state index is 0.301. The third-order valence-electron chi connectivity index (χ3n) is 3.60. The third kappa shape index (κ3) is 3.03. The summed E-state index contributed by atoms with van der Waals surface area (Å²) in [7, 11) is 0. The highest BCUT2D eigenvalue weighted by Gasteiger charge is 2.25. The molecule has 1 N–H and O–H groups in total. The molecule has 1 aliphatic heterocycles. The zero-order valence-corrected chi connectivity index (χ0v) is 12.2. The van der Waals surface area contributed by atoms with E-state index >= 15 is 0 Å². The van der Waals surface area contributed by atoms with Gasteiger partial charge in [0.1, 0.15) is 5.76 Å². The monoisotopic (exact) mass is 291 g/mol. The average Bonchev–Trinajstić information content (AvgIpc) is 2.85. The van der Waals surface area contributed by atoms with Gasteiger partial charge < -0.3 is 9.73 Å². The first-order valence-electron chi connectivity index (χ1n) is 6.84. The molecule has 1 unspecified atom stereocenters. The highest BCUT2D eigenvalue weighted by atomic mass is 35.5. The van der Waals surface area contributed by atoms with Crippen LogP contribution >= 0.6 is 11.6 Å². The number of rotatable bonds is 3. The van der Waals surface area contributed by atoms with Crippen molar-refractivity contribution in [3.8, 4) is 0 Å². The van der Waals surface area contributed by atoms with Crippen molar-refractivity contribution in [1.82, 2.24) is 15.2 Å². The number of halogens is 1. The molecule has 20 heavy (non-hydrogen) atoms. The van der Waals surface area contributed by atoms with Crippen LogP contribution in [0.15, 0.2) is 34.9 Å². The van der Waals surface area contributed by atoms with Crippen molar-refractivity contribution in [2.75, 3.05) is 19.6 Å². The lowest BCUT2D eigenvalue weighted by Crippen LogP contribution is -2.45. The first-order chi connectivity index (χ1) is 9.72. The Morgan fingerprint density at radius 1 is 1.50 bits per heavy atom. The number of aryl methyl sites for hydroxylation is 1. The summed E-state index contributed by atoms with van der Waals surface area (Å²) in [4.78, 5) is 6.68. The van der Waals surface area contributed by atoms with Gasteiger partial charge in [0.2, 0.25) is 5.89 Å². The number of nitrogens with zero attached hydrogens (tertiary/aromatic N) is 2. The molecule has 1 fully saturated rings. The Labute approximate surface area is 123 Å². The summed E-state index contributed by atoms with van der Waals surface area (Å²) in [5, 5.41) is 4.22. The molecule has 1 aliphatic rings. The predicted molar refractivity (Wildman–Crippen MR) is 78.7 cm³/mol. The van der Waals surface area contributed by atoms with Crippen molar-refractivity contribution in [2.24, 2.45) is 0 Å². The summed E-state index contributed by atoms with van der Waals surface area (Å²) in [5.74, 6) is 1.63. The maximum absolute atomic E-state index is 6.11. The Hall–Kier alpha value is -1.36. The van der Waals surface area contributed by atoms with Crippen LogP contribution in [0.5, 0.6) is 0 Å². The second-order valence-electron chi connectivity index (χ2n) is 5.11. The topological polar surface area (TPSA) is 41.3 Å². The zero-order valence-electron chi connectivity index (χ0n) is 11.5. The minimum Gasteiger partial charge on any atom is -0.445 e. The fourth-order valence-electron chi connectivity index (χ4n) is 2.63. The fraction of sp³-hybridized carbons (Fsp3) is 0.400. The molecule has 0 saturated carbocycles. The number of oxazole rings is 1. The van der Waals surface area contributed by atoms with Gasteiger partial charge in [-0.25, -0.2) is 4.98 Å². The van der Waals surface area contributed by atoms with E-state index in [4.69, 9.17) is 16.0 Å². The molecular weight excluding hydrogens is 274 g/mol. The summed E-state index contributed by atoms with van der Waals surface area (Å²) < 4.78 is 5.59. The van der Waals surface area contributed by atoms with Crippen LogP contribution in [-0.2, 0) is 6.54 Å². The van der Waals surface area contributed by atoms with Crippen LogP contribution in [0.3, 0.4) is 0 Å². The average molecular weight is 292 g/mol. The lowest BCUT2D eigenvalue weighted by atomic mass is 10.0. The SMILES string of the molecule is Cc1cnc(CN2CCNCC2c2cccc(Cl)c2)o1. The summed E-state index contributed by atoms with van der Waals surface area (Å²) in [6.07, 6.45) is 1.77. The molecule has 0 amide bonds. The summed E-state index contributed by atoms with van der Waals surface area (Å²) in [5.41, 5.74) is 1.23. The number of piperazine rings is 1. The Bertz CT molecular complexity index is 584. The third-order valence-corrected chi connectivity index (χ3v) is 3.83. The molecule has 0 radical (unpaired) electrons. The van der Waals surface area contributed by atoms with Crippen molar-refractivity contribution in [3.05, 3.63) is 52.7 Å². The minimum atomic E-state index is 0.301. The molecule has 3 rings (SSSR count). The van der Waals surface area contributed by atoms with Gasteiger partial charge in [-0.3, -0.25) is 4.90 Å². The molecule has 106 valence electrons. The van der Waals surface area contributed by atoms with Gasteiger partial charge in [0.05, 0.1) is 12.7 Å². The van der Waals surface area contributed by atoms with E-state index in [-0.39, 0.29) is 0 Å². The van der Waals surface area contributed by atoms with Gasteiger partial charge >= 0.3 is 0 Å². The molecule has 1 aromatic carbocycles. The Balaban J connectivity index is 1.80. The van der Waals surface area contributed by atoms with E-state index in [1.54, 1.807) is 6.20 Å². The molecule has 2 heterocycles. The van der Waals surface area contributed by atoms with Crippen LogP contribution in [0.25, 0.3) is 0 Å². The number of nitrogens with one attached hydrogen (secondary N) is 1. The van der Waals surface area contributed by atoms with Crippen LogP contribution < -0.4 is 5.32 Å². The van der Waals surface area contributed by atoms with Crippen molar-refractivity contribution in [3.63, 3.8) is 0 Å². The maximum atomic E-state index is 6.11. The quantitative estimate of drug-likeness (QED) is 0.944. The van der Waals surface area contributed by atoms with Gasteiger partial charge in [-0.05, 0) is 24.6 Å². The summed E-state index contributed by atoms with van der Waals surface area (Å²) in [6, 6.07) is 8.36. The predicted octanol–water partition coefficient (Wildman–Crippen LogP) is 2.78. The molecule has 0 spiro atoms. The smallest absolute Gasteiger partial charge is 0.208 e. The molecule has 2 aromatic rings. The molecule has 1 aromatic heterocycles. The van der Waals surface area contributed by atoms with E-state index in [2.05, 4.69) is 21.3 Å². The van der Waals surface area contributed by atoms with E-state index in [0.717, 1.165) is 42.9 Å². The van der Waals surface area contributed by atoms with Gasteiger partial charge in [-0.1, -0.05) is 23.7 Å². The van der Waals surface area contributed by atoms with Gasteiger partial charge in [0, 0.05) is 30.7 Å². The zero-order chi connectivity index (χ0) is 13.9. The van der Waals surface area contributed by atoms with Crippen molar-refractivity contribution in [1.29, 1.82) is 0 Å². The lowest BCUT2D eigenvalue weighted by Gasteiger charge is -2.35.